The molecular formula is C18H22N2O4. The van der Waals surface area contributed by atoms with Crippen LogP contribution >= 0.6 is 0 Å². The Balaban J connectivity index is 2.24. The van der Waals surface area contributed by atoms with Crippen LogP contribution in [0.15, 0.2) is 42.5 Å². The molecule has 0 saturated heterocycles. The van der Waals surface area contributed by atoms with Gasteiger partial charge in [-0.1, -0.05) is 30.3 Å². The number of ether oxygens (including phenoxy) is 3. The van der Waals surface area contributed by atoms with Gasteiger partial charge in [0.15, 0.2) is 11.5 Å². The summed E-state index contributed by atoms with van der Waals surface area (Å²) in [6, 6.07) is 12.3. The molecule has 6 nitrogen and oxygen atoms in total. The lowest BCUT2D eigenvalue weighted by Gasteiger charge is -2.18. The number of carbonyl (C=O) groups is 1. The third-order valence-electron chi connectivity index (χ3n) is 3.70. The van der Waals surface area contributed by atoms with Crippen LogP contribution in [0.4, 0.5) is 0 Å². The topological polar surface area (TPSA) is 82.8 Å². The first kappa shape index (κ1) is 17.6. The van der Waals surface area contributed by atoms with Gasteiger partial charge in [-0.05, 0) is 11.6 Å². The van der Waals surface area contributed by atoms with E-state index in [1.54, 1.807) is 27.4 Å². The van der Waals surface area contributed by atoms with Gasteiger partial charge >= 0.3 is 0 Å². The molecule has 0 fully saturated rings. The van der Waals surface area contributed by atoms with Gasteiger partial charge in [0.1, 0.15) is 11.8 Å². The van der Waals surface area contributed by atoms with Crippen LogP contribution in [0, 0.1) is 0 Å². The van der Waals surface area contributed by atoms with Gasteiger partial charge in [-0.3, -0.25) is 10.1 Å². The largest absolute Gasteiger partial charge is 0.496 e. The highest BCUT2D eigenvalue weighted by molar-refractivity contribution is 5.81. The fraction of sp³-hybridized carbons (Fsp3) is 0.278. The molecule has 2 rings (SSSR count). The first-order valence-electron chi connectivity index (χ1n) is 7.47. The van der Waals surface area contributed by atoms with Gasteiger partial charge in [0.05, 0.1) is 21.3 Å². The van der Waals surface area contributed by atoms with Crippen LogP contribution in [-0.2, 0) is 11.3 Å². The molecule has 2 aromatic rings. The molecule has 24 heavy (non-hydrogen) atoms. The number of hydrogen-bond acceptors (Lipinski definition) is 5. The monoisotopic (exact) mass is 330 g/mol. The van der Waals surface area contributed by atoms with Crippen LogP contribution in [0.25, 0.3) is 0 Å². The standard InChI is InChI=1S/C18H22N2O4/c1-22-14-10-16(24-3)15(23-2)9-13(14)11-20-17(18(19)21)12-7-5-4-6-8-12/h4-10,17,20H,11H2,1-3H3,(H2,19,21)/t17-/m0/s1. The lowest BCUT2D eigenvalue weighted by Crippen LogP contribution is -2.33. The normalized spacial score (nSPS) is 11.6. The van der Waals surface area contributed by atoms with Gasteiger partial charge < -0.3 is 19.9 Å². The Labute approximate surface area is 141 Å². The van der Waals surface area contributed by atoms with Crippen molar-refractivity contribution in [3.8, 4) is 17.2 Å². The molecule has 1 amide bonds. The number of primary amides is 1. The lowest BCUT2D eigenvalue weighted by atomic mass is 10.1. The summed E-state index contributed by atoms with van der Waals surface area (Å²) in [6.45, 7) is 0.381. The molecule has 2 aromatic carbocycles. The number of hydrogen-bond donors (Lipinski definition) is 2. The fourth-order valence-corrected chi connectivity index (χ4v) is 2.47. The van der Waals surface area contributed by atoms with Gasteiger partial charge in [0.2, 0.25) is 5.91 Å². The van der Waals surface area contributed by atoms with E-state index in [-0.39, 0.29) is 0 Å². The second-order valence-electron chi connectivity index (χ2n) is 5.15. The zero-order chi connectivity index (χ0) is 17.5. The summed E-state index contributed by atoms with van der Waals surface area (Å²) in [7, 11) is 4.71. The third-order valence-corrected chi connectivity index (χ3v) is 3.70. The van der Waals surface area contributed by atoms with E-state index in [2.05, 4.69) is 5.32 Å². The van der Waals surface area contributed by atoms with Crippen molar-refractivity contribution >= 4 is 5.91 Å². The average molecular weight is 330 g/mol. The van der Waals surface area contributed by atoms with Crippen molar-refractivity contribution < 1.29 is 19.0 Å². The second-order valence-corrected chi connectivity index (χ2v) is 5.15. The smallest absolute Gasteiger partial charge is 0.239 e. The molecule has 0 aliphatic rings. The number of benzene rings is 2. The number of rotatable bonds is 8. The summed E-state index contributed by atoms with van der Waals surface area (Å²) < 4.78 is 16.0. The maximum Gasteiger partial charge on any atom is 0.239 e. The number of methoxy groups -OCH3 is 3. The highest BCUT2D eigenvalue weighted by Crippen LogP contribution is 2.34. The van der Waals surface area contributed by atoms with E-state index >= 15 is 0 Å². The molecule has 0 bridgehead atoms. The maximum atomic E-state index is 11.8. The zero-order valence-electron chi connectivity index (χ0n) is 14.0. The molecular weight excluding hydrogens is 308 g/mol. The van der Waals surface area contributed by atoms with Crippen LogP contribution in [0.5, 0.6) is 17.2 Å². The Hall–Kier alpha value is -2.73. The first-order valence-corrected chi connectivity index (χ1v) is 7.47. The van der Waals surface area contributed by atoms with Crippen molar-refractivity contribution in [1.82, 2.24) is 5.32 Å². The van der Waals surface area contributed by atoms with E-state index in [9.17, 15) is 4.79 Å². The summed E-state index contributed by atoms with van der Waals surface area (Å²) in [5.41, 5.74) is 7.17. The van der Waals surface area contributed by atoms with Crippen LogP contribution in [0.2, 0.25) is 0 Å². The third kappa shape index (κ3) is 3.97. The van der Waals surface area contributed by atoms with E-state index in [1.165, 1.54) is 0 Å². The number of nitrogens with one attached hydrogen (secondary N) is 1. The van der Waals surface area contributed by atoms with Crippen molar-refractivity contribution in [2.75, 3.05) is 21.3 Å². The predicted molar refractivity (Wildman–Crippen MR) is 91.3 cm³/mol. The zero-order valence-corrected chi connectivity index (χ0v) is 14.0. The van der Waals surface area contributed by atoms with E-state index in [0.29, 0.717) is 23.8 Å². The minimum Gasteiger partial charge on any atom is -0.496 e. The molecule has 0 radical (unpaired) electrons. The van der Waals surface area contributed by atoms with E-state index in [4.69, 9.17) is 19.9 Å². The Bertz CT molecular complexity index is 689. The molecule has 0 heterocycles. The van der Waals surface area contributed by atoms with Gasteiger partial charge in [0, 0.05) is 18.2 Å². The second kappa shape index (κ2) is 8.21. The minimum atomic E-state index is -0.594. The summed E-state index contributed by atoms with van der Waals surface area (Å²) in [4.78, 5) is 11.8. The van der Waals surface area contributed by atoms with E-state index in [1.807, 2.05) is 36.4 Å². The van der Waals surface area contributed by atoms with Gasteiger partial charge in [-0.2, -0.15) is 0 Å². The van der Waals surface area contributed by atoms with Crippen molar-refractivity contribution in [2.24, 2.45) is 5.73 Å². The highest BCUT2D eigenvalue weighted by atomic mass is 16.5. The van der Waals surface area contributed by atoms with Crippen LogP contribution in [0.3, 0.4) is 0 Å². The summed E-state index contributed by atoms with van der Waals surface area (Å²) in [6.07, 6.45) is 0. The number of amides is 1. The summed E-state index contributed by atoms with van der Waals surface area (Å²) in [5, 5.41) is 3.16. The molecule has 128 valence electrons. The molecule has 0 aliphatic carbocycles. The van der Waals surface area contributed by atoms with E-state index in [0.717, 1.165) is 11.1 Å². The van der Waals surface area contributed by atoms with E-state index < -0.39 is 11.9 Å². The highest BCUT2D eigenvalue weighted by Gasteiger charge is 2.18. The quantitative estimate of drug-likeness (QED) is 0.774. The molecule has 0 spiro atoms. The minimum absolute atomic E-state index is 0.381. The van der Waals surface area contributed by atoms with Gasteiger partial charge in [-0.25, -0.2) is 0 Å². The van der Waals surface area contributed by atoms with Gasteiger partial charge in [-0.15, -0.1) is 0 Å². The van der Waals surface area contributed by atoms with Crippen LogP contribution < -0.4 is 25.3 Å². The van der Waals surface area contributed by atoms with Crippen molar-refractivity contribution in [3.63, 3.8) is 0 Å². The summed E-state index contributed by atoms with van der Waals surface area (Å²) >= 11 is 0. The van der Waals surface area contributed by atoms with Crippen molar-refractivity contribution in [2.45, 2.75) is 12.6 Å². The molecule has 0 saturated carbocycles. The van der Waals surface area contributed by atoms with Crippen molar-refractivity contribution in [3.05, 3.63) is 53.6 Å². The SMILES string of the molecule is COc1cc(OC)c(OC)cc1CN[C@H](C(N)=O)c1ccccc1. The predicted octanol–water partition coefficient (Wildman–Crippen LogP) is 2.03. The first-order chi connectivity index (χ1) is 11.6. The fourth-order valence-electron chi connectivity index (χ4n) is 2.47. The Morgan fingerprint density at radius 3 is 2.12 bits per heavy atom. The molecule has 6 heteroatoms. The molecule has 0 aromatic heterocycles. The van der Waals surface area contributed by atoms with Crippen LogP contribution in [-0.4, -0.2) is 27.2 Å². The summed E-state index contributed by atoms with van der Waals surface area (Å²) in [5.74, 6) is 1.36. The van der Waals surface area contributed by atoms with Crippen LogP contribution in [0.1, 0.15) is 17.2 Å². The molecule has 3 N–H and O–H groups in total. The molecule has 0 aliphatic heterocycles. The molecule has 0 unspecified atom stereocenters. The lowest BCUT2D eigenvalue weighted by molar-refractivity contribution is -0.120. The number of nitrogens with two attached hydrogens (primary N) is 1. The van der Waals surface area contributed by atoms with Gasteiger partial charge in [0.25, 0.3) is 0 Å². The Morgan fingerprint density at radius 2 is 1.58 bits per heavy atom. The average Bonchev–Trinajstić information content (AvgIpc) is 2.61. The Morgan fingerprint density at radius 1 is 1.00 bits per heavy atom. The van der Waals surface area contributed by atoms with Crippen molar-refractivity contribution in [1.29, 1.82) is 0 Å². The number of carbonyl (C=O) groups excluding carboxylic acids is 1. The molecule has 1 atom stereocenters. The maximum absolute atomic E-state index is 11.8. The Kier molecular flexibility index (Phi) is 6.03.